The summed E-state index contributed by atoms with van der Waals surface area (Å²) in [4.78, 5) is 11.4. The van der Waals surface area contributed by atoms with Gasteiger partial charge < -0.3 is 4.74 Å². The molecule has 1 aromatic rings. The minimum absolute atomic E-state index is 0.0830. The molecule has 0 saturated heterocycles. The number of ether oxygens (including phenoxy) is 1. The van der Waals surface area contributed by atoms with Crippen molar-refractivity contribution in [1.29, 1.82) is 0 Å². The maximum Gasteiger partial charge on any atom is 0.305 e. The number of fused-ring (bicyclic) bond motifs is 1. The Balaban J connectivity index is 2.00. The van der Waals surface area contributed by atoms with Gasteiger partial charge in [0.05, 0.1) is 12.0 Å². The van der Waals surface area contributed by atoms with Crippen LogP contribution in [0.15, 0.2) is 24.3 Å². The summed E-state index contributed by atoms with van der Waals surface area (Å²) in [5.74, 6) is -0.0830. The molecule has 0 atom stereocenters. The molecule has 0 aliphatic carbocycles. The third-order valence-electron chi connectivity index (χ3n) is 4.50. The van der Waals surface area contributed by atoms with Crippen molar-refractivity contribution in [2.24, 2.45) is 0 Å². The Kier molecular flexibility index (Phi) is 4.81. The lowest BCUT2D eigenvalue weighted by molar-refractivity contribution is -0.439. The normalized spacial score (nSPS) is 16.0. The van der Waals surface area contributed by atoms with Gasteiger partial charge in [0.1, 0.15) is 6.54 Å². The molecule has 0 saturated carbocycles. The number of hydrogen-bond acceptors (Lipinski definition) is 2. The van der Waals surface area contributed by atoms with Crippen LogP contribution in [0.2, 0.25) is 0 Å². The highest BCUT2D eigenvalue weighted by Gasteiger charge is 2.42. The summed E-state index contributed by atoms with van der Waals surface area (Å²) in [6.45, 7) is 10.1. The standard InChI is InChI=1S/C18H26NO2/c1-5-21-17(20)12-8-9-13-19-14(2)18(3,4)15-10-6-7-11-16(15)19/h6-7,10-11H,5,8-9,12-13H2,1-4H3/q+1. The molecule has 0 aromatic heterocycles. The Morgan fingerprint density at radius 3 is 2.67 bits per heavy atom. The number of hydrogen-bond donors (Lipinski definition) is 0. The number of unbranched alkanes of at least 4 members (excludes halogenated alkanes) is 1. The molecule has 1 aliphatic heterocycles. The van der Waals surface area contributed by atoms with Crippen LogP contribution < -0.4 is 0 Å². The molecular formula is C18H26NO2+. The van der Waals surface area contributed by atoms with E-state index in [0.29, 0.717) is 13.0 Å². The maximum absolute atomic E-state index is 11.4. The lowest BCUT2D eigenvalue weighted by Crippen LogP contribution is -2.26. The SMILES string of the molecule is CCOC(=O)CCCC[N+]1=C(C)C(C)(C)c2ccccc21. The van der Waals surface area contributed by atoms with Crippen molar-refractivity contribution in [1.82, 2.24) is 0 Å². The summed E-state index contributed by atoms with van der Waals surface area (Å²) < 4.78 is 7.37. The summed E-state index contributed by atoms with van der Waals surface area (Å²) in [5.41, 5.74) is 4.20. The van der Waals surface area contributed by atoms with Crippen LogP contribution in [0, 0.1) is 0 Å². The number of esters is 1. The van der Waals surface area contributed by atoms with E-state index in [4.69, 9.17) is 4.74 Å². The number of nitrogens with zero attached hydrogens (tertiary/aromatic N) is 1. The largest absolute Gasteiger partial charge is 0.466 e. The molecule has 0 fully saturated rings. The van der Waals surface area contributed by atoms with Crippen molar-refractivity contribution in [2.75, 3.05) is 13.2 Å². The fourth-order valence-electron chi connectivity index (χ4n) is 3.01. The molecule has 0 radical (unpaired) electrons. The van der Waals surface area contributed by atoms with Gasteiger partial charge in [0.15, 0.2) is 5.71 Å². The second kappa shape index (κ2) is 6.42. The first-order chi connectivity index (χ1) is 9.98. The minimum Gasteiger partial charge on any atom is -0.466 e. The van der Waals surface area contributed by atoms with Crippen LogP contribution in [-0.4, -0.2) is 29.4 Å². The Labute approximate surface area is 127 Å². The monoisotopic (exact) mass is 288 g/mol. The Bertz CT molecular complexity index is 558. The number of para-hydroxylation sites is 1. The number of carbonyl (C=O) groups excluding carboxylic acids is 1. The molecule has 1 aliphatic rings. The fourth-order valence-corrected chi connectivity index (χ4v) is 3.01. The van der Waals surface area contributed by atoms with Crippen LogP contribution in [0.5, 0.6) is 0 Å². The van der Waals surface area contributed by atoms with Gasteiger partial charge >= 0.3 is 5.97 Å². The topological polar surface area (TPSA) is 29.3 Å². The van der Waals surface area contributed by atoms with Crippen LogP contribution in [0.1, 0.15) is 52.5 Å². The van der Waals surface area contributed by atoms with Crippen molar-refractivity contribution in [3.05, 3.63) is 29.8 Å². The van der Waals surface area contributed by atoms with Crippen molar-refractivity contribution in [3.63, 3.8) is 0 Å². The molecule has 0 unspecified atom stereocenters. The van der Waals surface area contributed by atoms with Crippen molar-refractivity contribution < 1.29 is 14.1 Å². The maximum atomic E-state index is 11.4. The van der Waals surface area contributed by atoms with E-state index >= 15 is 0 Å². The predicted octanol–water partition coefficient (Wildman–Crippen LogP) is 3.82. The number of carbonyl (C=O) groups is 1. The van der Waals surface area contributed by atoms with Gasteiger partial charge in [-0.25, -0.2) is 0 Å². The van der Waals surface area contributed by atoms with Crippen molar-refractivity contribution in [2.45, 2.75) is 52.4 Å². The summed E-state index contributed by atoms with van der Waals surface area (Å²) >= 11 is 0. The molecule has 1 aromatic carbocycles. The molecule has 21 heavy (non-hydrogen) atoms. The van der Waals surface area contributed by atoms with Gasteiger partial charge in [-0.2, -0.15) is 4.58 Å². The lowest BCUT2D eigenvalue weighted by atomic mass is 9.82. The van der Waals surface area contributed by atoms with Crippen LogP contribution >= 0.6 is 0 Å². The zero-order chi connectivity index (χ0) is 15.5. The first kappa shape index (κ1) is 15.7. The number of benzene rings is 1. The highest BCUT2D eigenvalue weighted by Crippen LogP contribution is 2.39. The van der Waals surface area contributed by atoms with E-state index in [-0.39, 0.29) is 11.4 Å². The molecule has 114 valence electrons. The van der Waals surface area contributed by atoms with Gasteiger partial charge in [-0.3, -0.25) is 4.79 Å². The smallest absolute Gasteiger partial charge is 0.305 e. The molecule has 0 bridgehead atoms. The third-order valence-corrected chi connectivity index (χ3v) is 4.50. The van der Waals surface area contributed by atoms with E-state index in [1.54, 1.807) is 0 Å². The summed E-state index contributed by atoms with van der Waals surface area (Å²) in [7, 11) is 0. The highest BCUT2D eigenvalue weighted by atomic mass is 16.5. The molecule has 3 heteroatoms. The quantitative estimate of drug-likeness (QED) is 0.452. The minimum atomic E-state index is -0.0830. The molecule has 3 nitrogen and oxygen atoms in total. The second-order valence-electron chi connectivity index (χ2n) is 6.14. The van der Waals surface area contributed by atoms with Crippen LogP contribution in [0.25, 0.3) is 0 Å². The van der Waals surface area contributed by atoms with Gasteiger partial charge in [0.2, 0.25) is 5.69 Å². The molecule has 0 amide bonds. The lowest BCUT2D eigenvalue weighted by Gasteiger charge is -2.14. The zero-order valence-corrected chi connectivity index (χ0v) is 13.6. The Morgan fingerprint density at radius 2 is 1.95 bits per heavy atom. The fraction of sp³-hybridized carbons (Fsp3) is 0.556. The summed E-state index contributed by atoms with van der Waals surface area (Å²) in [6.07, 6.45) is 2.40. The summed E-state index contributed by atoms with van der Waals surface area (Å²) in [5, 5.41) is 0. The van der Waals surface area contributed by atoms with Gasteiger partial charge in [-0.05, 0) is 27.2 Å². The molecule has 0 N–H and O–H groups in total. The first-order valence-corrected chi connectivity index (χ1v) is 7.85. The molecule has 2 rings (SSSR count). The molecule has 0 spiro atoms. The number of rotatable bonds is 6. The second-order valence-corrected chi connectivity index (χ2v) is 6.14. The Morgan fingerprint density at radius 1 is 1.24 bits per heavy atom. The average Bonchev–Trinajstić information content (AvgIpc) is 2.65. The third kappa shape index (κ3) is 3.17. The average molecular weight is 288 g/mol. The van der Waals surface area contributed by atoms with E-state index in [1.165, 1.54) is 17.0 Å². The predicted molar refractivity (Wildman–Crippen MR) is 85.4 cm³/mol. The van der Waals surface area contributed by atoms with Gasteiger partial charge in [-0.15, -0.1) is 0 Å². The first-order valence-electron chi connectivity index (χ1n) is 7.85. The van der Waals surface area contributed by atoms with Gasteiger partial charge in [-0.1, -0.05) is 18.2 Å². The zero-order valence-electron chi connectivity index (χ0n) is 13.6. The van der Waals surface area contributed by atoms with Crippen LogP contribution in [-0.2, 0) is 14.9 Å². The van der Waals surface area contributed by atoms with Crippen molar-refractivity contribution >= 4 is 17.4 Å². The van der Waals surface area contributed by atoms with E-state index < -0.39 is 0 Å². The summed E-state index contributed by atoms with van der Waals surface area (Å²) in [6, 6.07) is 8.62. The van der Waals surface area contributed by atoms with E-state index in [1.807, 2.05) is 6.92 Å². The van der Waals surface area contributed by atoms with E-state index in [2.05, 4.69) is 49.6 Å². The van der Waals surface area contributed by atoms with Crippen LogP contribution in [0.4, 0.5) is 5.69 Å². The molecular weight excluding hydrogens is 262 g/mol. The van der Waals surface area contributed by atoms with Gasteiger partial charge in [0, 0.05) is 31.4 Å². The molecule has 1 heterocycles. The van der Waals surface area contributed by atoms with Crippen LogP contribution in [0.3, 0.4) is 0 Å². The van der Waals surface area contributed by atoms with E-state index in [0.717, 1.165) is 19.4 Å². The Hall–Kier alpha value is -1.64. The van der Waals surface area contributed by atoms with Gasteiger partial charge in [0.25, 0.3) is 0 Å². The van der Waals surface area contributed by atoms with Crippen molar-refractivity contribution in [3.8, 4) is 0 Å². The van der Waals surface area contributed by atoms with E-state index in [9.17, 15) is 4.79 Å². The highest BCUT2D eigenvalue weighted by molar-refractivity contribution is 5.93.